The first kappa shape index (κ1) is 22.3. The summed E-state index contributed by atoms with van der Waals surface area (Å²) >= 11 is 6.47. The molecule has 1 aliphatic heterocycles. The van der Waals surface area contributed by atoms with Gasteiger partial charge in [0.2, 0.25) is 15.0 Å². The number of aromatic amines is 1. The summed E-state index contributed by atoms with van der Waals surface area (Å²) in [6.45, 7) is 0.0319. The first-order valence-electron chi connectivity index (χ1n) is 10.9. The summed E-state index contributed by atoms with van der Waals surface area (Å²) in [7, 11) is -3.73. The summed E-state index contributed by atoms with van der Waals surface area (Å²) in [5, 5.41) is 13.8. The smallest absolute Gasteiger partial charge is 0.259 e. The number of imide groups is 1. The molecule has 3 heterocycles. The summed E-state index contributed by atoms with van der Waals surface area (Å²) in [5.41, 5.74) is 2.49. The number of hydrogen-bond donors (Lipinski definition) is 3. The molecular weight excluding hydrogens is 504 g/mol. The Balaban J connectivity index is 1.67. The molecule has 2 aromatic heterocycles. The number of nitrogens with zero attached hydrogens (tertiary/aromatic N) is 2. The van der Waals surface area contributed by atoms with E-state index in [-0.39, 0.29) is 34.3 Å². The Morgan fingerprint density at radius 3 is 2.50 bits per heavy atom. The highest BCUT2D eigenvalue weighted by molar-refractivity contribution is 7.91. The largest absolute Gasteiger partial charge is 0.508 e. The number of phenolic OH excluding ortho intramolecular Hbond substituents is 1. The Morgan fingerprint density at radius 1 is 0.972 bits per heavy atom. The number of carbonyl (C=O) groups excluding carboxylic acids is 2. The van der Waals surface area contributed by atoms with Gasteiger partial charge in [0.15, 0.2) is 0 Å². The summed E-state index contributed by atoms with van der Waals surface area (Å²) in [5.74, 6) is -1.42. The number of imidazole rings is 1. The van der Waals surface area contributed by atoms with E-state index in [1.807, 2.05) is 0 Å². The maximum atomic E-state index is 13.0. The molecule has 0 radical (unpaired) electrons. The predicted molar refractivity (Wildman–Crippen MR) is 134 cm³/mol. The minimum Gasteiger partial charge on any atom is -0.508 e. The maximum Gasteiger partial charge on any atom is 0.259 e. The van der Waals surface area contributed by atoms with Gasteiger partial charge in [-0.1, -0.05) is 29.8 Å². The van der Waals surface area contributed by atoms with Crippen LogP contribution in [0.1, 0.15) is 20.7 Å². The first-order valence-corrected chi connectivity index (χ1v) is 12.9. The normalized spacial score (nSPS) is 13.5. The molecule has 6 rings (SSSR count). The van der Waals surface area contributed by atoms with Gasteiger partial charge in [0.05, 0.1) is 22.4 Å². The zero-order chi connectivity index (χ0) is 25.2. The number of sulfone groups is 1. The maximum absolute atomic E-state index is 13.0. The topological polar surface area (TPSA) is 134 Å². The van der Waals surface area contributed by atoms with Crippen LogP contribution in [0.5, 0.6) is 5.75 Å². The van der Waals surface area contributed by atoms with Crippen molar-refractivity contribution in [3.63, 3.8) is 0 Å². The van der Waals surface area contributed by atoms with Crippen molar-refractivity contribution in [1.82, 2.24) is 19.9 Å². The van der Waals surface area contributed by atoms with Crippen molar-refractivity contribution in [3.05, 3.63) is 77.1 Å². The summed E-state index contributed by atoms with van der Waals surface area (Å²) < 4.78 is 27.5. The highest BCUT2D eigenvalue weighted by atomic mass is 35.5. The van der Waals surface area contributed by atoms with Crippen LogP contribution >= 0.6 is 11.6 Å². The lowest BCUT2D eigenvalue weighted by atomic mass is 9.93. The molecule has 0 spiro atoms. The van der Waals surface area contributed by atoms with Gasteiger partial charge in [-0.05, 0) is 35.9 Å². The lowest BCUT2D eigenvalue weighted by Gasteiger charge is -2.12. The van der Waals surface area contributed by atoms with Crippen LogP contribution in [0.3, 0.4) is 0 Å². The number of benzene rings is 3. The second kappa shape index (κ2) is 7.94. The zero-order valence-corrected chi connectivity index (χ0v) is 20.0. The predicted octanol–water partition coefficient (Wildman–Crippen LogP) is 3.90. The fraction of sp³-hybridized carbons (Fsp3) is 0.0800. The Labute approximate surface area is 209 Å². The molecule has 3 N–H and O–H groups in total. The number of fused-ring (bicyclic) bond motifs is 5. The van der Waals surface area contributed by atoms with Gasteiger partial charge in [-0.2, -0.15) is 0 Å². The zero-order valence-electron chi connectivity index (χ0n) is 18.4. The van der Waals surface area contributed by atoms with Crippen molar-refractivity contribution < 1.29 is 23.1 Å². The third-order valence-corrected chi connectivity index (χ3v) is 8.20. The molecule has 0 atom stereocenters. The third-order valence-electron chi connectivity index (χ3n) is 6.33. The standard InChI is InChI=1S/C25H17ClN4O5S/c26-17-4-2-1-3-14(17)15-12-19-20(22-21(15)23(32)29-24(22)33)16-11-13(31)5-6-18(16)30(19)9-10-36(34,35)25-27-7-8-28-25/h1-8,11-12,31H,9-10H2,(H,27,28)(H,29,32,33). The van der Waals surface area contributed by atoms with E-state index >= 15 is 0 Å². The van der Waals surface area contributed by atoms with Gasteiger partial charge in [-0.3, -0.25) is 14.9 Å². The van der Waals surface area contributed by atoms with Crippen molar-refractivity contribution >= 4 is 55.1 Å². The highest BCUT2D eigenvalue weighted by Crippen LogP contribution is 2.42. The van der Waals surface area contributed by atoms with E-state index in [1.165, 1.54) is 24.5 Å². The average Bonchev–Trinajstić information content (AvgIpc) is 3.55. The van der Waals surface area contributed by atoms with Gasteiger partial charge >= 0.3 is 0 Å². The summed E-state index contributed by atoms with van der Waals surface area (Å²) in [6, 6.07) is 13.3. The molecule has 36 heavy (non-hydrogen) atoms. The van der Waals surface area contributed by atoms with Crippen molar-refractivity contribution in [3.8, 4) is 16.9 Å². The molecule has 0 saturated heterocycles. The third kappa shape index (κ3) is 3.29. The van der Waals surface area contributed by atoms with E-state index in [4.69, 9.17) is 11.6 Å². The molecule has 5 aromatic rings. The SMILES string of the molecule is O=C1NC(=O)c2c1c(-c1ccccc1Cl)cc1c2c2cc(O)ccc2n1CCS(=O)(=O)c1ncc[nH]1. The van der Waals surface area contributed by atoms with E-state index in [9.17, 15) is 23.1 Å². The second-order valence-electron chi connectivity index (χ2n) is 8.40. The number of aromatic nitrogens is 3. The van der Waals surface area contributed by atoms with Crippen LogP contribution in [0, 0.1) is 0 Å². The molecule has 3 aromatic carbocycles. The molecule has 2 amide bonds. The van der Waals surface area contributed by atoms with E-state index in [2.05, 4.69) is 15.3 Å². The fourth-order valence-corrected chi connectivity index (χ4v) is 6.12. The molecule has 180 valence electrons. The second-order valence-corrected chi connectivity index (χ2v) is 10.8. The highest BCUT2D eigenvalue weighted by Gasteiger charge is 2.35. The van der Waals surface area contributed by atoms with E-state index in [0.29, 0.717) is 38.0 Å². The Morgan fingerprint density at radius 2 is 1.75 bits per heavy atom. The monoisotopic (exact) mass is 520 g/mol. The van der Waals surface area contributed by atoms with Crippen LogP contribution in [0.2, 0.25) is 5.02 Å². The number of rotatable bonds is 5. The molecule has 0 fully saturated rings. The number of halogens is 1. The first-order chi connectivity index (χ1) is 17.3. The number of hydrogen-bond acceptors (Lipinski definition) is 6. The van der Waals surface area contributed by atoms with Crippen LogP contribution in [-0.4, -0.2) is 45.6 Å². The number of phenols is 1. The molecule has 9 nitrogen and oxygen atoms in total. The van der Waals surface area contributed by atoms with E-state index in [1.54, 1.807) is 41.0 Å². The molecular formula is C25H17ClN4O5S. The van der Waals surface area contributed by atoms with Crippen LogP contribution in [0.4, 0.5) is 0 Å². The number of aryl methyl sites for hydroxylation is 1. The van der Waals surface area contributed by atoms with Crippen LogP contribution in [-0.2, 0) is 16.4 Å². The summed E-state index contributed by atoms with van der Waals surface area (Å²) in [6.07, 6.45) is 2.80. The van der Waals surface area contributed by atoms with Gasteiger partial charge < -0.3 is 14.7 Å². The van der Waals surface area contributed by atoms with Crippen LogP contribution in [0.25, 0.3) is 32.9 Å². The Hall–Kier alpha value is -4.15. The van der Waals surface area contributed by atoms with Gasteiger partial charge in [0, 0.05) is 45.8 Å². The number of H-pyrrole nitrogens is 1. The minimum atomic E-state index is -3.73. The van der Waals surface area contributed by atoms with E-state index < -0.39 is 21.7 Å². The molecule has 0 unspecified atom stereocenters. The van der Waals surface area contributed by atoms with Crippen molar-refractivity contribution in [1.29, 1.82) is 0 Å². The van der Waals surface area contributed by atoms with Gasteiger partial charge in [0.1, 0.15) is 5.75 Å². The molecule has 0 bridgehead atoms. The lowest BCUT2D eigenvalue weighted by Crippen LogP contribution is -2.20. The van der Waals surface area contributed by atoms with Gasteiger partial charge in [-0.25, -0.2) is 13.4 Å². The van der Waals surface area contributed by atoms with Crippen molar-refractivity contribution in [2.45, 2.75) is 11.7 Å². The Kier molecular flexibility index (Phi) is 4.92. The fourth-order valence-electron chi connectivity index (χ4n) is 4.80. The van der Waals surface area contributed by atoms with Crippen molar-refractivity contribution in [2.24, 2.45) is 0 Å². The van der Waals surface area contributed by atoms with Crippen molar-refractivity contribution in [2.75, 3.05) is 5.75 Å². The number of carbonyl (C=O) groups is 2. The molecule has 1 aliphatic rings. The van der Waals surface area contributed by atoms with E-state index in [0.717, 1.165) is 0 Å². The minimum absolute atomic E-state index is 0.0292. The van der Waals surface area contributed by atoms with Crippen LogP contribution < -0.4 is 5.32 Å². The number of nitrogens with one attached hydrogen (secondary N) is 2. The molecule has 0 saturated carbocycles. The van der Waals surface area contributed by atoms with Gasteiger partial charge in [0.25, 0.3) is 11.8 Å². The number of aromatic hydroxyl groups is 1. The summed E-state index contributed by atoms with van der Waals surface area (Å²) in [4.78, 5) is 32.4. The van der Waals surface area contributed by atoms with Gasteiger partial charge in [-0.15, -0.1) is 0 Å². The Bertz CT molecular complexity index is 1840. The molecule has 0 aliphatic carbocycles. The quantitative estimate of drug-likeness (QED) is 0.301. The average molecular weight is 521 g/mol. The van der Waals surface area contributed by atoms with Crippen LogP contribution in [0.15, 0.2) is 66.1 Å². The lowest BCUT2D eigenvalue weighted by molar-refractivity contribution is 0.0880. The molecule has 11 heteroatoms. The number of amides is 2.